The Balaban J connectivity index is 3.32. The Hall–Kier alpha value is -1.10. The smallest absolute Gasteiger partial charge is 0.150 e. The fourth-order valence-electron chi connectivity index (χ4n) is 0.992. The molecule has 0 bridgehead atoms. The van der Waals surface area contributed by atoms with Gasteiger partial charge in [-0.15, -0.1) is 0 Å². The number of hydrazone groups is 1. The van der Waals surface area contributed by atoms with E-state index in [9.17, 15) is 4.39 Å². The van der Waals surface area contributed by atoms with Crippen LogP contribution in [0.5, 0.6) is 0 Å². The van der Waals surface area contributed by atoms with E-state index in [-0.39, 0.29) is 11.7 Å². The van der Waals surface area contributed by atoms with Crippen LogP contribution in [0.4, 0.5) is 4.39 Å². The number of halogens is 2. The van der Waals surface area contributed by atoms with Crippen molar-refractivity contribution in [1.29, 1.82) is 0 Å². The molecule has 13 heavy (non-hydrogen) atoms. The van der Waals surface area contributed by atoms with Crippen molar-refractivity contribution in [2.45, 2.75) is 6.92 Å². The maximum absolute atomic E-state index is 13.0. The molecule has 0 aliphatic heterocycles. The van der Waals surface area contributed by atoms with Crippen molar-refractivity contribution in [3.8, 4) is 0 Å². The number of aryl methyl sites for hydroxylation is 1. The highest BCUT2D eigenvalue weighted by molar-refractivity contribution is 9.10. The van der Waals surface area contributed by atoms with Crippen molar-refractivity contribution in [2.24, 2.45) is 16.7 Å². The molecule has 0 amide bonds. The minimum atomic E-state index is -0.328. The Bertz CT molecular complexity index is 363. The minimum Gasteiger partial charge on any atom is -0.382 e. The first-order chi connectivity index (χ1) is 6.06. The van der Waals surface area contributed by atoms with E-state index in [1.54, 1.807) is 13.0 Å². The average molecular weight is 246 g/mol. The highest BCUT2D eigenvalue weighted by Crippen LogP contribution is 2.20. The highest BCUT2D eigenvalue weighted by atomic mass is 79.9. The maximum Gasteiger partial charge on any atom is 0.150 e. The fraction of sp³-hybridized carbons (Fsp3) is 0.125. The number of nitrogens with two attached hydrogens (primary N) is 2. The molecular weight excluding hydrogens is 237 g/mol. The number of hydrogen-bond donors (Lipinski definition) is 2. The Morgan fingerprint density at radius 2 is 2.15 bits per heavy atom. The molecule has 5 heteroatoms. The van der Waals surface area contributed by atoms with Crippen LogP contribution in [0.1, 0.15) is 11.1 Å². The molecule has 0 heterocycles. The van der Waals surface area contributed by atoms with Crippen LogP contribution < -0.4 is 11.6 Å². The number of hydrogen-bond acceptors (Lipinski definition) is 2. The van der Waals surface area contributed by atoms with Crippen LogP contribution in [-0.2, 0) is 0 Å². The molecule has 0 saturated carbocycles. The molecule has 0 unspecified atom stereocenters. The molecule has 0 atom stereocenters. The molecular formula is C8H9BrFN3. The van der Waals surface area contributed by atoms with E-state index in [0.29, 0.717) is 15.6 Å². The van der Waals surface area contributed by atoms with Crippen molar-refractivity contribution < 1.29 is 4.39 Å². The van der Waals surface area contributed by atoms with E-state index in [2.05, 4.69) is 21.0 Å². The predicted molar refractivity (Wildman–Crippen MR) is 53.7 cm³/mol. The summed E-state index contributed by atoms with van der Waals surface area (Å²) < 4.78 is 13.3. The van der Waals surface area contributed by atoms with Gasteiger partial charge >= 0.3 is 0 Å². The first kappa shape index (κ1) is 9.98. The maximum atomic E-state index is 13.0. The van der Waals surface area contributed by atoms with Crippen molar-refractivity contribution in [2.75, 3.05) is 0 Å². The lowest BCUT2D eigenvalue weighted by atomic mass is 10.1. The topological polar surface area (TPSA) is 64.4 Å². The monoisotopic (exact) mass is 245 g/mol. The van der Waals surface area contributed by atoms with E-state index in [1.165, 1.54) is 6.07 Å². The first-order valence-corrected chi connectivity index (χ1v) is 4.35. The molecule has 3 nitrogen and oxygen atoms in total. The van der Waals surface area contributed by atoms with Crippen LogP contribution in [0.25, 0.3) is 0 Å². The van der Waals surface area contributed by atoms with Crippen molar-refractivity contribution in [1.82, 2.24) is 0 Å². The number of amidine groups is 1. The molecule has 0 aliphatic carbocycles. The van der Waals surface area contributed by atoms with Crippen molar-refractivity contribution in [3.05, 3.63) is 33.5 Å². The lowest BCUT2D eigenvalue weighted by Gasteiger charge is -2.05. The zero-order valence-electron chi connectivity index (χ0n) is 7.01. The van der Waals surface area contributed by atoms with Crippen LogP contribution in [0.15, 0.2) is 21.7 Å². The van der Waals surface area contributed by atoms with Gasteiger partial charge in [-0.25, -0.2) is 4.39 Å². The van der Waals surface area contributed by atoms with E-state index in [4.69, 9.17) is 11.6 Å². The summed E-state index contributed by atoms with van der Waals surface area (Å²) in [6, 6.07) is 2.92. The summed E-state index contributed by atoms with van der Waals surface area (Å²) in [5, 5.41) is 3.34. The molecule has 70 valence electrons. The Morgan fingerprint density at radius 3 is 2.69 bits per heavy atom. The van der Waals surface area contributed by atoms with Gasteiger partial charge < -0.3 is 11.6 Å². The van der Waals surface area contributed by atoms with Crippen LogP contribution >= 0.6 is 15.9 Å². The third-order valence-electron chi connectivity index (χ3n) is 1.68. The largest absolute Gasteiger partial charge is 0.382 e. The first-order valence-electron chi connectivity index (χ1n) is 3.55. The third kappa shape index (κ3) is 1.98. The molecule has 1 aromatic rings. The van der Waals surface area contributed by atoms with Gasteiger partial charge in [0.15, 0.2) is 5.84 Å². The Kier molecular flexibility index (Phi) is 2.87. The van der Waals surface area contributed by atoms with Crippen LogP contribution in [0.3, 0.4) is 0 Å². The second-order valence-corrected chi connectivity index (χ2v) is 3.45. The molecule has 0 fully saturated rings. The molecule has 4 N–H and O–H groups in total. The Morgan fingerprint density at radius 1 is 1.54 bits per heavy atom. The lowest BCUT2D eigenvalue weighted by Crippen LogP contribution is -2.17. The summed E-state index contributed by atoms with van der Waals surface area (Å²) in [6.07, 6.45) is 0. The second kappa shape index (κ2) is 3.74. The normalized spacial score (nSPS) is 11.8. The van der Waals surface area contributed by atoms with Crippen LogP contribution in [0.2, 0.25) is 0 Å². The SMILES string of the molecule is Cc1cc(F)c(Br)cc1C(N)=NN. The van der Waals surface area contributed by atoms with Crippen LogP contribution in [0, 0.1) is 12.7 Å². The molecule has 0 saturated heterocycles. The minimum absolute atomic E-state index is 0.193. The summed E-state index contributed by atoms with van der Waals surface area (Å²) >= 11 is 3.05. The molecule has 0 spiro atoms. The quantitative estimate of drug-likeness (QED) is 0.341. The van der Waals surface area contributed by atoms with Gasteiger partial charge in [-0.1, -0.05) is 0 Å². The van der Waals surface area contributed by atoms with Gasteiger partial charge in [0.1, 0.15) is 5.82 Å². The predicted octanol–water partition coefficient (Wildman–Crippen LogP) is 1.48. The van der Waals surface area contributed by atoms with Gasteiger partial charge in [-0.2, -0.15) is 5.10 Å². The zero-order chi connectivity index (χ0) is 10.0. The highest BCUT2D eigenvalue weighted by Gasteiger charge is 2.07. The number of nitrogens with zero attached hydrogens (tertiary/aromatic N) is 1. The van der Waals surface area contributed by atoms with Gasteiger partial charge in [0.05, 0.1) is 4.47 Å². The molecule has 0 aromatic heterocycles. The number of rotatable bonds is 1. The standard InChI is InChI=1S/C8H9BrFN3/c1-4-2-7(10)6(9)3-5(4)8(11)13-12/h2-3H,12H2,1H3,(H2,11,13). The lowest BCUT2D eigenvalue weighted by molar-refractivity contribution is 0.620. The van der Waals surface area contributed by atoms with Gasteiger partial charge in [0.25, 0.3) is 0 Å². The number of benzene rings is 1. The summed E-state index contributed by atoms with van der Waals surface area (Å²) in [5.41, 5.74) is 6.83. The average Bonchev–Trinajstić information content (AvgIpc) is 2.10. The molecule has 1 aromatic carbocycles. The van der Waals surface area contributed by atoms with E-state index < -0.39 is 0 Å². The van der Waals surface area contributed by atoms with Gasteiger partial charge in [-0.05, 0) is 40.5 Å². The summed E-state index contributed by atoms with van der Waals surface area (Å²) in [6.45, 7) is 1.74. The second-order valence-electron chi connectivity index (χ2n) is 2.60. The van der Waals surface area contributed by atoms with Gasteiger partial charge in [-0.3, -0.25) is 0 Å². The van der Waals surface area contributed by atoms with Crippen molar-refractivity contribution in [3.63, 3.8) is 0 Å². The summed E-state index contributed by atoms with van der Waals surface area (Å²) in [4.78, 5) is 0. The fourth-order valence-corrected chi connectivity index (χ4v) is 1.34. The van der Waals surface area contributed by atoms with E-state index in [1.807, 2.05) is 0 Å². The van der Waals surface area contributed by atoms with Crippen molar-refractivity contribution >= 4 is 21.8 Å². The van der Waals surface area contributed by atoms with Gasteiger partial charge in [0, 0.05) is 5.56 Å². The van der Waals surface area contributed by atoms with Gasteiger partial charge in [0.2, 0.25) is 0 Å². The van der Waals surface area contributed by atoms with E-state index >= 15 is 0 Å². The summed E-state index contributed by atoms with van der Waals surface area (Å²) in [5.74, 6) is 4.88. The van der Waals surface area contributed by atoms with Crippen LogP contribution in [-0.4, -0.2) is 5.84 Å². The summed E-state index contributed by atoms with van der Waals surface area (Å²) in [7, 11) is 0. The zero-order valence-corrected chi connectivity index (χ0v) is 8.60. The van der Waals surface area contributed by atoms with E-state index in [0.717, 1.165) is 0 Å². The molecule has 0 radical (unpaired) electrons. The third-order valence-corrected chi connectivity index (χ3v) is 2.29. The molecule has 1 rings (SSSR count). The molecule has 0 aliphatic rings. The Labute approximate surface area is 83.7 Å².